The highest BCUT2D eigenvalue weighted by molar-refractivity contribution is 7.87. The van der Waals surface area contributed by atoms with Crippen molar-refractivity contribution in [1.82, 2.24) is 8.61 Å². The van der Waals surface area contributed by atoms with Crippen LogP contribution in [0.1, 0.15) is 50.2 Å². The van der Waals surface area contributed by atoms with Gasteiger partial charge in [0, 0.05) is 37.8 Å². The Morgan fingerprint density at radius 1 is 1.18 bits per heavy atom. The fourth-order valence-corrected chi connectivity index (χ4v) is 5.77. The summed E-state index contributed by atoms with van der Waals surface area (Å²) < 4.78 is 34.5. The van der Waals surface area contributed by atoms with Gasteiger partial charge in [-0.05, 0) is 68.5 Å². The molecule has 10 heteroatoms. The van der Waals surface area contributed by atoms with Gasteiger partial charge in [-0.3, -0.25) is 4.31 Å². The minimum Gasteiger partial charge on any atom is -0.494 e. The lowest BCUT2D eigenvalue weighted by Crippen LogP contribution is -2.33. The number of rotatable bonds is 10. The molecule has 176 valence electrons. The number of fused-ring (bicyclic) bond motifs is 1. The average molecular weight is 472 g/mol. The number of allylic oxidation sites excluding steroid dienone is 1. The molecule has 9 nitrogen and oxygen atoms in total. The Balaban J connectivity index is 1.19. The molecule has 0 atom stereocenters. The first-order valence-electron chi connectivity index (χ1n) is 11.4. The number of ether oxygens (including phenoxy) is 1. The summed E-state index contributed by atoms with van der Waals surface area (Å²) in [5.74, 6) is 3.38. The lowest BCUT2D eigenvalue weighted by Gasteiger charge is -2.20. The molecule has 0 N–H and O–H groups in total. The van der Waals surface area contributed by atoms with Crippen LogP contribution in [0.4, 0.5) is 0 Å². The van der Waals surface area contributed by atoms with Crippen molar-refractivity contribution < 1.29 is 18.0 Å². The molecular weight excluding hydrogens is 442 g/mol. The second-order valence-corrected chi connectivity index (χ2v) is 9.80. The molecule has 3 aliphatic rings. The third kappa shape index (κ3) is 5.54. The Morgan fingerprint density at radius 3 is 2.97 bits per heavy atom. The molecule has 0 unspecified atom stereocenters. The van der Waals surface area contributed by atoms with E-state index in [4.69, 9.17) is 9.57 Å². The van der Waals surface area contributed by atoms with Crippen molar-refractivity contribution in [2.24, 2.45) is 15.4 Å². The summed E-state index contributed by atoms with van der Waals surface area (Å²) in [7, 11) is -3.52. The molecule has 1 aromatic carbocycles. The SMILES string of the molecule is CCO/N=C1\CCc2cc(OCCCCCN3CCN(C4=C=C=NN=CC4)S3(=O)=O)ccc21. The molecule has 1 aliphatic carbocycles. The summed E-state index contributed by atoms with van der Waals surface area (Å²) in [5.41, 5.74) is 6.71. The van der Waals surface area contributed by atoms with Crippen molar-refractivity contribution in [3.63, 3.8) is 0 Å². The maximum atomic E-state index is 12.8. The van der Waals surface area contributed by atoms with Gasteiger partial charge in [-0.2, -0.15) is 17.8 Å². The van der Waals surface area contributed by atoms with Crippen LogP contribution in [0.5, 0.6) is 5.75 Å². The molecular formula is C23H29N5O4S. The highest BCUT2D eigenvalue weighted by atomic mass is 32.2. The van der Waals surface area contributed by atoms with Gasteiger partial charge >= 0.3 is 10.2 Å². The second-order valence-electron chi connectivity index (χ2n) is 7.95. The fraction of sp³-hybridized carbons (Fsp3) is 0.522. The molecule has 4 rings (SSSR count). The third-order valence-electron chi connectivity index (χ3n) is 5.78. The molecule has 0 spiro atoms. The van der Waals surface area contributed by atoms with Gasteiger partial charge in [-0.1, -0.05) is 10.3 Å². The van der Waals surface area contributed by atoms with Gasteiger partial charge in [0.15, 0.2) is 0 Å². The minimum absolute atomic E-state index is 0.379. The summed E-state index contributed by atoms with van der Waals surface area (Å²) in [6.07, 6.45) is 6.34. The lowest BCUT2D eigenvalue weighted by molar-refractivity contribution is 0.158. The van der Waals surface area contributed by atoms with Gasteiger partial charge in [0.25, 0.3) is 0 Å². The van der Waals surface area contributed by atoms with Crippen molar-refractivity contribution in [1.29, 1.82) is 0 Å². The van der Waals surface area contributed by atoms with E-state index in [1.54, 1.807) is 6.21 Å². The molecule has 1 aromatic rings. The Kier molecular flexibility index (Phi) is 7.62. The highest BCUT2D eigenvalue weighted by Crippen LogP contribution is 2.27. The van der Waals surface area contributed by atoms with Gasteiger partial charge in [-0.25, -0.2) is 0 Å². The van der Waals surface area contributed by atoms with E-state index in [1.807, 2.05) is 13.0 Å². The predicted molar refractivity (Wildman–Crippen MR) is 127 cm³/mol. The number of unbranched alkanes of at least 4 members (excludes halogenated alkanes) is 2. The average Bonchev–Trinajstić information content (AvgIpc) is 3.21. The fourth-order valence-electron chi connectivity index (χ4n) is 4.11. The van der Waals surface area contributed by atoms with Crippen LogP contribution in [0.25, 0.3) is 0 Å². The standard InChI is InChI=1S/C23H29N5O4S/c1-2-32-26-23-9-6-19-18-21(7-8-22(19)23)31-17-5-3-4-14-27-15-16-28(33(27,29)30)20-10-12-24-25-13-11-20/h7-8,12,18H,2-6,9-10,14-17H2,1H3/b26-23+. The third-order valence-corrected chi connectivity index (χ3v) is 7.75. The van der Waals surface area contributed by atoms with E-state index in [-0.39, 0.29) is 0 Å². The summed E-state index contributed by atoms with van der Waals surface area (Å²) >= 11 is 0. The minimum atomic E-state index is -3.52. The number of hydrogen-bond donors (Lipinski definition) is 0. The molecule has 1 saturated heterocycles. The Labute approximate surface area is 194 Å². The van der Waals surface area contributed by atoms with Crippen LogP contribution < -0.4 is 4.74 Å². The van der Waals surface area contributed by atoms with Crippen LogP contribution in [0.15, 0.2) is 45.0 Å². The molecule has 0 amide bonds. The summed E-state index contributed by atoms with van der Waals surface area (Å²) in [6, 6.07) is 6.11. The molecule has 2 heterocycles. The monoisotopic (exact) mass is 471 g/mol. The van der Waals surface area contributed by atoms with Crippen LogP contribution in [0.2, 0.25) is 0 Å². The normalized spacial score (nSPS) is 20.2. The van der Waals surface area contributed by atoms with Gasteiger partial charge in [0.2, 0.25) is 0 Å². The van der Waals surface area contributed by atoms with E-state index in [9.17, 15) is 8.42 Å². The number of aryl methyl sites for hydroxylation is 1. The van der Waals surface area contributed by atoms with E-state index in [1.165, 1.54) is 14.2 Å². The lowest BCUT2D eigenvalue weighted by atomic mass is 10.1. The second kappa shape index (κ2) is 10.8. The van der Waals surface area contributed by atoms with E-state index in [0.717, 1.165) is 49.1 Å². The smallest absolute Gasteiger partial charge is 0.304 e. The number of benzene rings is 1. The maximum Gasteiger partial charge on any atom is 0.304 e. The first-order valence-corrected chi connectivity index (χ1v) is 12.8. The van der Waals surface area contributed by atoms with Gasteiger partial charge in [-0.15, -0.1) is 0 Å². The van der Waals surface area contributed by atoms with Gasteiger partial charge < -0.3 is 9.57 Å². The van der Waals surface area contributed by atoms with Gasteiger partial charge in [0.05, 0.1) is 23.9 Å². The molecule has 0 saturated carbocycles. The molecule has 0 bridgehead atoms. The zero-order valence-electron chi connectivity index (χ0n) is 18.9. The first-order chi connectivity index (χ1) is 16.1. The zero-order valence-corrected chi connectivity index (χ0v) is 19.7. The van der Waals surface area contributed by atoms with E-state index >= 15 is 0 Å². The predicted octanol–water partition coefficient (Wildman–Crippen LogP) is 2.88. The number of nitrogens with zero attached hydrogens (tertiary/aromatic N) is 5. The zero-order chi connectivity index (χ0) is 23.1. The van der Waals surface area contributed by atoms with E-state index in [2.05, 4.69) is 39.1 Å². The van der Waals surface area contributed by atoms with Crippen molar-refractivity contribution in [3.05, 3.63) is 40.8 Å². The summed E-state index contributed by atoms with van der Waals surface area (Å²) in [5, 5.41) is 11.6. The Bertz CT molecular complexity index is 1130. The Morgan fingerprint density at radius 2 is 2.09 bits per heavy atom. The highest BCUT2D eigenvalue weighted by Gasteiger charge is 2.37. The number of oxime groups is 1. The van der Waals surface area contributed by atoms with Crippen molar-refractivity contribution in [2.75, 3.05) is 32.8 Å². The van der Waals surface area contributed by atoms with Crippen LogP contribution >= 0.6 is 0 Å². The molecule has 2 aliphatic heterocycles. The first kappa shape index (κ1) is 23.3. The van der Waals surface area contributed by atoms with Crippen LogP contribution in [-0.4, -0.2) is 67.7 Å². The quantitative estimate of drug-likeness (QED) is 0.298. The molecule has 0 aromatic heterocycles. The van der Waals surface area contributed by atoms with Crippen LogP contribution in [0.3, 0.4) is 0 Å². The molecule has 33 heavy (non-hydrogen) atoms. The van der Waals surface area contributed by atoms with Crippen molar-refractivity contribution >= 4 is 28.0 Å². The van der Waals surface area contributed by atoms with Crippen LogP contribution in [-0.2, 0) is 21.5 Å². The topological polar surface area (TPSA) is 96.2 Å². The van der Waals surface area contributed by atoms with Crippen LogP contribution in [0, 0.1) is 0 Å². The van der Waals surface area contributed by atoms with E-state index in [0.29, 0.717) is 45.0 Å². The number of hydrogen-bond acceptors (Lipinski definition) is 7. The van der Waals surface area contributed by atoms with Crippen molar-refractivity contribution in [3.8, 4) is 5.75 Å². The largest absolute Gasteiger partial charge is 0.494 e. The maximum absolute atomic E-state index is 12.8. The summed E-state index contributed by atoms with van der Waals surface area (Å²) in [4.78, 5) is 5.20. The Hall–Kier alpha value is -2.90. The summed E-state index contributed by atoms with van der Waals surface area (Å²) in [6.45, 7) is 4.49. The van der Waals surface area contributed by atoms with E-state index < -0.39 is 10.2 Å². The van der Waals surface area contributed by atoms with Crippen molar-refractivity contribution in [2.45, 2.75) is 45.4 Å². The molecule has 0 radical (unpaired) electrons. The molecule has 1 fully saturated rings. The van der Waals surface area contributed by atoms with Gasteiger partial charge in [0.1, 0.15) is 12.4 Å².